The van der Waals surface area contributed by atoms with Crippen LogP contribution in [0.1, 0.15) is 12.8 Å². The van der Waals surface area contributed by atoms with E-state index in [-0.39, 0.29) is 0 Å². The minimum Gasteiger partial charge on any atom is -0.381 e. The number of nitriles is 1. The van der Waals surface area contributed by atoms with Gasteiger partial charge in [-0.2, -0.15) is 5.26 Å². The van der Waals surface area contributed by atoms with E-state index in [2.05, 4.69) is 6.07 Å². The van der Waals surface area contributed by atoms with Gasteiger partial charge in [0.05, 0.1) is 6.61 Å². The predicted molar refractivity (Wildman–Crippen MR) is 40.0 cm³/mol. The van der Waals surface area contributed by atoms with Crippen molar-refractivity contribution < 1.29 is 9.47 Å². The maximum Gasteiger partial charge on any atom is 0.179 e. The molecule has 62 valence electrons. The first-order valence-electron chi connectivity index (χ1n) is 3.74. The fourth-order valence-electron chi connectivity index (χ4n) is 1.28. The smallest absolute Gasteiger partial charge is 0.179 e. The zero-order valence-electron chi connectivity index (χ0n) is 6.96. The van der Waals surface area contributed by atoms with Gasteiger partial charge < -0.3 is 9.47 Å². The number of hydrogen-bond donors (Lipinski definition) is 0. The molecule has 0 bridgehead atoms. The molecule has 1 aliphatic carbocycles. The lowest BCUT2D eigenvalue weighted by Crippen LogP contribution is -2.37. The van der Waals surface area contributed by atoms with Gasteiger partial charge in [-0.3, -0.25) is 0 Å². The molecule has 11 heavy (non-hydrogen) atoms. The second-order valence-corrected chi connectivity index (χ2v) is 2.91. The highest BCUT2D eigenvalue weighted by atomic mass is 16.5. The van der Waals surface area contributed by atoms with E-state index in [1.54, 1.807) is 14.2 Å². The second-order valence-electron chi connectivity index (χ2n) is 2.91. The molecule has 0 radical (unpaired) electrons. The molecule has 3 heteroatoms. The maximum atomic E-state index is 8.86. The van der Waals surface area contributed by atoms with Crippen LogP contribution in [-0.4, -0.2) is 26.4 Å². The summed E-state index contributed by atoms with van der Waals surface area (Å²) in [5.74, 6) is 0.387. The highest BCUT2D eigenvalue weighted by molar-refractivity contribution is 5.10. The number of ether oxygens (including phenoxy) is 2. The van der Waals surface area contributed by atoms with Crippen LogP contribution in [0.2, 0.25) is 0 Å². The standard InChI is InChI=1S/C8H13NO2/c1-10-6-8(5-9,11-2)7-3-4-7/h7H,3-4,6H2,1-2H3. The molecule has 0 saturated heterocycles. The fraction of sp³-hybridized carbons (Fsp3) is 0.875. The van der Waals surface area contributed by atoms with Gasteiger partial charge in [-0.15, -0.1) is 0 Å². The molecule has 0 aromatic carbocycles. The van der Waals surface area contributed by atoms with Gasteiger partial charge in [-0.05, 0) is 12.8 Å². The Morgan fingerprint density at radius 1 is 1.55 bits per heavy atom. The minimum atomic E-state index is -0.672. The van der Waals surface area contributed by atoms with Crippen molar-refractivity contribution in [3.8, 4) is 6.07 Å². The van der Waals surface area contributed by atoms with Crippen molar-refractivity contribution in [1.29, 1.82) is 5.26 Å². The Kier molecular flexibility index (Phi) is 2.48. The molecule has 0 N–H and O–H groups in total. The van der Waals surface area contributed by atoms with E-state index in [4.69, 9.17) is 14.7 Å². The summed E-state index contributed by atoms with van der Waals surface area (Å²) in [6, 6.07) is 2.18. The summed E-state index contributed by atoms with van der Waals surface area (Å²) >= 11 is 0. The topological polar surface area (TPSA) is 42.2 Å². The van der Waals surface area contributed by atoms with E-state index in [0.29, 0.717) is 12.5 Å². The SMILES string of the molecule is COCC(C#N)(OC)C1CC1. The molecule has 0 heterocycles. The monoisotopic (exact) mass is 155 g/mol. The van der Waals surface area contributed by atoms with Gasteiger partial charge in [0.15, 0.2) is 5.60 Å². The third-order valence-electron chi connectivity index (χ3n) is 2.15. The number of nitrogens with zero attached hydrogens (tertiary/aromatic N) is 1. The summed E-state index contributed by atoms with van der Waals surface area (Å²) in [4.78, 5) is 0. The van der Waals surface area contributed by atoms with E-state index in [0.717, 1.165) is 12.8 Å². The van der Waals surface area contributed by atoms with Gasteiger partial charge in [0.25, 0.3) is 0 Å². The molecule has 1 aliphatic rings. The fourth-order valence-corrected chi connectivity index (χ4v) is 1.28. The average molecular weight is 155 g/mol. The lowest BCUT2D eigenvalue weighted by atomic mass is 10.0. The third-order valence-corrected chi connectivity index (χ3v) is 2.15. The van der Waals surface area contributed by atoms with Crippen molar-refractivity contribution in [2.45, 2.75) is 18.4 Å². The molecule has 1 atom stereocenters. The van der Waals surface area contributed by atoms with Crippen molar-refractivity contribution >= 4 is 0 Å². The zero-order chi connectivity index (χ0) is 8.32. The average Bonchev–Trinajstić information content (AvgIpc) is 2.83. The van der Waals surface area contributed by atoms with E-state index in [1.165, 1.54) is 0 Å². The Hall–Kier alpha value is -0.590. The molecular weight excluding hydrogens is 142 g/mol. The molecule has 0 aromatic heterocycles. The van der Waals surface area contributed by atoms with Gasteiger partial charge in [-0.25, -0.2) is 0 Å². The quantitative estimate of drug-likeness (QED) is 0.607. The summed E-state index contributed by atoms with van der Waals surface area (Å²) in [5, 5.41) is 8.86. The van der Waals surface area contributed by atoms with Crippen molar-refractivity contribution in [1.82, 2.24) is 0 Å². The third kappa shape index (κ3) is 1.52. The Balaban J connectivity index is 2.59. The zero-order valence-corrected chi connectivity index (χ0v) is 6.96. The molecule has 0 amide bonds. The molecule has 1 fully saturated rings. The predicted octanol–water partition coefficient (Wildman–Crippen LogP) is 0.952. The maximum absolute atomic E-state index is 8.86. The lowest BCUT2D eigenvalue weighted by molar-refractivity contribution is -0.0382. The van der Waals surface area contributed by atoms with E-state index < -0.39 is 5.60 Å². The first kappa shape index (κ1) is 8.51. The number of hydrogen-bond acceptors (Lipinski definition) is 3. The normalized spacial score (nSPS) is 22.3. The molecule has 0 spiro atoms. The lowest BCUT2D eigenvalue weighted by Gasteiger charge is -2.23. The summed E-state index contributed by atoms with van der Waals surface area (Å²) in [5.41, 5.74) is -0.672. The van der Waals surface area contributed by atoms with Crippen LogP contribution in [0.5, 0.6) is 0 Å². The van der Waals surface area contributed by atoms with E-state index in [9.17, 15) is 0 Å². The van der Waals surface area contributed by atoms with Gasteiger partial charge in [0, 0.05) is 20.1 Å². The van der Waals surface area contributed by atoms with Crippen molar-refractivity contribution in [3.05, 3.63) is 0 Å². The van der Waals surface area contributed by atoms with Crippen LogP contribution in [0.4, 0.5) is 0 Å². The molecular formula is C8H13NO2. The highest BCUT2D eigenvalue weighted by Gasteiger charge is 2.46. The Morgan fingerprint density at radius 2 is 2.18 bits per heavy atom. The largest absolute Gasteiger partial charge is 0.381 e. The van der Waals surface area contributed by atoms with Crippen LogP contribution in [-0.2, 0) is 9.47 Å². The number of methoxy groups -OCH3 is 2. The van der Waals surface area contributed by atoms with E-state index in [1.807, 2.05) is 0 Å². The van der Waals surface area contributed by atoms with Crippen molar-refractivity contribution in [3.63, 3.8) is 0 Å². The van der Waals surface area contributed by atoms with Crippen LogP contribution in [0.25, 0.3) is 0 Å². The summed E-state index contributed by atoms with van der Waals surface area (Å²) in [6.45, 7) is 0.380. The highest BCUT2D eigenvalue weighted by Crippen LogP contribution is 2.41. The first-order chi connectivity index (χ1) is 5.29. The summed E-state index contributed by atoms with van der Waals surface area (Å²) in [6.07, 6.45) is 2.18. The first-order valence-corrected chi connectivity index (χ1v) is 3.74. The van der Waals surface area contributed by atoms with Crippen LogP contribution < -0.4 is 0 Å². The number of rotatable bonds is 4. The Morgan fingerprint density at radius 3 is 2.45 bits per heavy atom. The van der Waals surface area contributed by atoms with Crippen LogP contribution >= 0.6 is 0 Å². The van der Waals surface area contributed by atoms with Crippen LogP contribution in [0, 0.1) is 17.2 Å². The van der Waals surface area contributed by atoms with Crippen LogP contribution in [0.15, 0.2) is 0 Å². The molecule has 1 saturated carbocycles. The summed E-state index contributed by atoms with van der Waals surface area (Å²) < 4.78 is 10.1. The molecule has 0 aromatic rings. The molecule has 1 unspecified atom stereocenters. The van der Waals surface area contributed by atoms with Crippen molar-refractivity contribution in [2.24, 2.45) is 5.92 Å². The minimum absolute atomic E-state index is 0.380. The van der Waals surface area contributed by atoms with Crippen molar-refractivity contribution in [2.75, 3.05) is 20.8 Å². The van der Waals surface area contributed by atoms with Crippen LogP contribution in [0.3, 0.4) is 0 Å². The van der Waals surface area contributed by atoms with Gasteiger partial charge in [0.1, 0.15) is 6.07 Å². The molecule has 0 aliphatic heterocycles. The van der Waals surface area contributed by atoms with Gasteiger partial charge >= 0.3 is 0 Å². The van der Waals surface area contributed by atoms with E-state index >= 15 is 0 Å². The second kappa shape index (κ2) is 3.21. The Bertz CT molecular complexity index is 171. The molecule has 1 rings (SSSR count). The summed E-state index contributed by atoms with van der Waals surface area (Å²) in [7, 11) is 3.16. The van der Waals surface area contributed by atoms with Gasteiger partial charge in [-0.1, -0.05) is 0 Å². The Labute approximate surface area is 66.9 Å². The molecule has 3 nitrogen and oxygen atoms in total. The van der Waals surface area contributed by atoms with Gasteiger partial charge in [0.2, 0.25) is 0 Å².